The van der Waals surface area contributed by atoms with E-state index in [1.165, 1.54) is 12.1 Å². The first-order chi connectivity index (χ1) is 8.49. The second-order valence-electron chi connectivity index (χ2n) is 4.12. The molecule has 5 heteroatoms. The Morgan fingerprint density at radius 2 is 1.83 bits per heavy atom. The number of nitrogens with one attached hydrogen (secondary N) is 1. The Hall–Kier alpha value is -2.30. The molecule has 18 heavy (non-hydrogen) atoms. The van der Waals surface area contributed by atoms with Crippen LogP contribution in [0.3, 0.4) is 0 Å². The standard InChI is InChI=1S/C13H14FN3O/c1-8-3-4-9(2)17(8)16-13(18)11-6-5-10(14)7-12(11)15/h3-7H,15H2,1-2H3,(H,16,18). The predicted molar refractivity (Wildman–Crippen MR) is 68.4 cm³/mol. The first-order valence-corrected chi connectivity index (χ1v) is 5.50. The van der Waals surface area contributed by atoms with E-state index in [2.05, 4.69) is 5.43 Å². The lowest BCUT2D eigenvalue weighted by molar-refractivity contribution is 0.101. The molecule has 4 nitrogen and oxygen atoms in total. The highest BCUT2D eigenvalue weighted by atomic mass is 19.1. The van der Waals surface area contributed by atoms with Crippen molar-refractivity contribution in [3.63, 3.8) is 0 Å². The van der Waals surface area contributed by atoms with Crippen molar-refractivity contribution in [3.05, 3.63) is 53.1 Å². The molecule has 0 fully saturated rings. The number of carbonyl (C=O) groups is 1. The molecular weight excluding hydrogens is 233 g/mol. The molecule has 1 amide bonds. The summed E-state index contributed by atoms with van der Waals surface area (Å²) < 4.78 is 14.6. The summed E-state index contributed by atoms with van der Waals surface area (Å²) in [6.07, 6.45) is 0. The molecular formula is C13H14FN3O. The van der Waals surface area contributed by atoms with Gasteiger partial charge in [0.05, 0.1) is 5.56 Å². The molecule has 0 aliphatic heterocycles. The predicted octanol–water partition coefficient (Wildman–Crippen LogP) is 2.21. The van der Waals surface area contributed by atoms with Crippen LogP contribution in [0.1, 0.15) is 21.7 Å². The fourth-order valence-electron chi connectivity index (χ4n) is 1.75. The number of nitrogens with two attached hydrogens (primary N) is 1. The Bertz CT molecular complexity index is 585. The first kappa shape index (κ1) is 12.2. The SMILES string of the molecule is Cc1ccc(C)n1NC(=O)c1ccc(F)cc1N. The van der Waals surface area contributed by atoms with Crippen LogP contribution in [-0.2, 0) is 0 Å². The van der Waals surface area contributed by atoms with Crippen molar-refractivity contribution in [2.75, 3.05) is 11.2 Å². The number of aryl methyl sites for hydroxylation is 2. The van der Waals surface area contributed by atoms with Gasteiger partial charge in [0.1, 0.15) is 5.82 Å². The lowest BCUT2D eigenvalue weighted by Crippen LogP contribution is -2.25. The van der Waals surface area contributed by atoms with Gasteiger partial charge < -0.3 is 5.73 Å². The van der Waals surface area contributed by atoms with Gasteiger partial charge in [-0.25, -0.2) is 4.39 Å². The van der Waals surface area contributed by atoms with Crippen LogP contribution in [0.5, 0.6) is 0 Å². The molecule has 0 bridgehead atoms. The van der Waals surface area contributed by atoms with Crippen LogP contribution in [0, 0.1) is 19.7 Å². The number of aromatic nitrogens is 1. The molecule has 0 aliphatic rings. The summed E-state index contributed by atoms with van der Waals surface area (Å²) in [4.78, 5) is 12.0. The molecule has 2 rings (SSSR count). The van der Waals surface area contributed by atoms with E-state index < -0.39 is 5.82 Å². The van der Waals surface area contributed by atoms with Gasteiger partial charge in [0.15, 0.2) is 0 Å². The monoisotopic (exact) mass is 247 g/mol. The number of hydrogen-bond acceptors (Lipinski definition) is 2. The molecule has 3 N–H and O–H groups in total. The van der Waals surface area contributed by atoms with Crippen molar-refractivity contribution in [3.8, 4) is 0 Å². The number of hydrogen-bond donors (Lipinski definition) is 2. The molecule has 2 aromatic rings. The largest absolute Gasteiger partial charge is 0.398 e. The van der Waals surface area contributed by atoms with Crippen LogP contribution in [-0.4, -0.2) is 10.6 Å². The Kier molecular flexibility index (Phi) is 3.06. The van der Waals surface area contributed by atoms with E-state index in [-0.39, 0.29) is 17.2 Å². The number of rotatable bonds is 2. The summed E-state index contributed by atoms with van der Waals surface area (Å²) in [6, 6.07) is 7.49. The zero-order valence-corrected chi connectivity index (χ0v) is 10.2. The van der Waals surface area contributed by atoms with Gasteiger partial charge in [0, 0.05) is 17.1 Å². The minimum atomic E-state index is -0.461. The summed E-state index contributed by atoms with van der Waals surface area (Å²) in [6.45, 7) is 3.75. The van der Waals surface area contributed by atoms with Gasteiger partial charge in [-0.3, -0.25) is 14.9 Å². The molecule has 1 aromatic carbocycles. The van der Waals surface area contributed by atoms with Crippen LogP contribution in [0.2, 0.25) is 0 Å². The topological polar surface area (TPSA) is 60.0 Å². The number of halogens is 1. The van der Waals surface area contributed by atoms with E-state index >= 15 is 0 Å². The second-order valence-corrected chi connectivity index (χ2v) is 4.12. The van der Waals surface area contributed by atoms with Crippen LogP contribution >= 0.6 is 0 Å². The summed E-state index contributed by atoms with van der Waals surface area (Å²) in [7, 11) is 0. The summed E-state index contributed by atoms with van der Waals surface area (Å²) in [5.41, 5.74) is 10.5. The van der Waals surface area contributed by atoms with Crippen molar-refractivity contribution < 1.29 is 9.18 Å². The van der Waals surface area contributed by atoms with E-state index in [1.807, 2.05) is 26.0 Å². The van der Waals surface area contributed by atoms with Gasteiger partial charge in [-0.2, -0.15) is 0 Å². The lowest BCUT2D eigenvalue weighted by Gasteiger charge is -2.12. The minimum absolute atomic E-state index is 0.120. The molecule has 0 saturated heterocycles. The van der Waals surface area contributed by atoms with Crippen LogP contribution in [0.4, 0.5) is 10.1 Å². The number of nitrogen functional groups attached to an aromatic ring is 1. The fourth-order valence-corrected chi connectivity index (χ4v) is 1.75. The zero-order valence-electron chi connectivity index (χ0n) is 10.2. The van der Waals surface area contributed by atoms with Crippen LogP contribution < -0.4 is 11.2 Å². The van der Waals surface area contributed by atoms with Crippen molar-refractivity contribution in [1.29, 1.82) is 0 Å². The van der Waals surface area contributed by atoms with Crippen LogP contribution in [0.15, 0.2) is 30.3 Å². The molecule has 94 valence electrons. The molecule has 0 spiro atoms. The zero-order chi connectivity index (χ0) is 13.3. The highest BCUT2D eigenvalue weighted by molar-refractivity contribution is 6.04. The Morgan fingerprint density at radius 1 is 1.22 bits per heavy atom. The number of anilines is 1. The van der Waals surface area contributed by atoms with E-state index in [1.54, 1.807) is 4.68 Å². The third-order valence-corrected chi connectivity index (χ3v) is 2.74. The molecule has 1 heterocycles. The van der Waals surface area contributed by atoms with Crippen molar-refractivity contribution in [1.82, 2.24) is 4.68 Å². The molecule has 0 unspecified atom stereocenters. The van der Waals surface area contributed by atoms with Gasteiger partial charge in [-0.05, 0) is 44.2 Å². The Labute approximate surface area is 104 Å². The minimum Gasteiger partial charge on any atom is -0.398 e. The number of carbonyl (C=O) groups excluding carboxylic acids is 1. The van der Waals surface area contributed by atoms with E-state index in [9.17, 15) is 9.18 Å². The van der Waals surface area contributed by atoms with Gasteiger partial charge in [0.2, 0.25) is 0 Å². The van der Waals surface area contributed by atoms with E-state index in [0.29, 0.717) is 0 Å². The quantitative estimate of drug-likeness (QED) is 0.799. The average molecular weight is 247 g/mol. The number of benzene rings is 1. The highest BCUT2D eigenvalue weighted by Crippen LogP contribution is 2.14. The average Bonchev–Trinajstić information content (AvgIpc) is 2.60. The molecule has 1 aromatic heterocycles. The molecule has 0 aliphatic carbocycles. The second kappa shape index (κ2) is 4.52. The maximum absolute atomic E-state index is 12.9. The Balaban J connectivity index is 2.28. The molecule has 0 atom stereocenters. The first-order valence-electron chi connectivity index (χ1n) is 5.50. The van der Waals surface area contributed by atoms with Gasteiger partial charge in [0.25, 0.3) is 5.91 Å². The Morgan fingerprint density at radius 3 is 2.39 bits per heavy atom. The maximum Gasteiger partial charge on any atom is 0.272 e. The van der Waals surface area contributed by atoms with E-state index in [0.717, 1.165) is 17.5 Å². The third-order valence-electron chi connectivity index (χ3n) is 2.74. The fraction of sp³-hybridized carbons (Fsp3) is 0.154. The molecule has 0 radical (unpaired) electrons. The maximum atomic E-state index is 12.9. The third kappa shape index (κ3) is 2.20. The highest BCUT2D eigenvalue weighted by Gasteiger charge is 2.12. The molecule has 0 saturated carbocycles. The number of amides is 1. The van der Waals surface area contributed by atoms with E-state index in [4.69, 9.17) is 5.73 Å². The van der Waals surface area contributed by atoms with Gasteiger partial charge in [-0.1, -0.05) is 0 Å². The summed E-state index contributed by atoms with van der Waals surface area (Å²) >= 11 is 0. The van der Waals surface area contributed by atoms with Crippen molar-refractivity contribution >= 4 is 11.6 Å². The van der Waals surface area contributed by atoms with Gasteiger partial charge >= 0.3 is 0 Å². The van der Waals surface area contributed by atoms with Crippen molar-refractivity contribution in [2.24, 2.45) is 0 Å². The van der Waals surface area contributed by atoms with Gasteiger partial charge in [-0.15, -0.1) is 0 Å². The normalized spacial score (nSPS) is 10.4. The smallest absolute Gasteiger partial charge is 0.272 e. The van der Waals surface area contributed by atoms with Crippen molar-refractivity contribution in [2.45, 2.75) is 13.8 Å². The van der Waals surface area contributed by atoms with Crippen LogP contribution in [0.25, 0.3) is 0 Å². The number of nitrogens with zero attached hydrogens (tertiary/aromatic N) is 1. The summed E-state index contributed by atoms with van der Waals surface area (Å²) in [5.74, 6) is -0.827. The lowest BCUT2D eigenvalue weighted by atomic mass is 10.1. The summed E-state index contributed by atoms with van der Waals surface area (Å²) in [5, 5.41) is 0.